The summed E-state index contributed by atoms with van der Waals surface area (Å²) in [5.74, 6) is -1.82. The van der Waals surface area contributed by atoms with Crippen LogP contribution >= 0.6 is 0 Å². The number of rotatable bonds is 7. The number of H-pyrrole nitrogens is 1. The summed E-state index contributed by atoms with van der Waals surface area (Å²) in [6.45, 7) is 5.67. The predicted octanol–water partition coefficient (Wildman–Crippen LogP) is 3.41. The van der Waals surface area contributed by atoms with Crippen LogP contribution in [-0.2, 0) is 19.5 Å². The maximum absolute atomic E-state index is 12.9. The van der Waals surface area contributed by atoms with E-state index in [1.54, 1.807) is 13.8 Å². The van der Waals surface area contributed by atoms with Crippen molar-refractivity contribution in [3.63, 3.8) is 0 Å². The first-order chi connectivity index (χ1) is 16.1. The Bertz CT molecular complexity index is 1170. The molecule has 0 radical (unpaired) electrons. The van der Waals surface area contributed by atoms with Crippen molar-refractivity contribution in [2.75, 3.05) is 20.2 Å². The Balaban J connectivity index is 1.71. The normalized spacial score (nSPS) is 15.9. The van der Waals surface area contributed by atoms with Crippen LogP contribution in [0.15, 0.2) is 29.2 Å². The van der Waals surface area contributed by atoms with Crippen molar-refractivity contribution in [3.8, 4) is 0 Å². The Hall–Kier alpha value is -2.98. The summed E-state index contributed by atoms with van der Waals surface area (Å²) >= 11 is 0. The van der Waals surface area contributed by atoms with Crippen LogP contribution in [0.4, 0.5) is 0 Å². The second-order valence-corrected chi connectivity index (χ2v) is 10.3. The molecule has 1 aromatic heterocycles. The highest BCUT2D eigenvalue weighted by atomic mass is 32.2. The lowest BCUT2D eigenvalue weighted by Crippen LogP contribution is -2.32. The fourth-order valence-electron chi connectivity index (χ4n) is 4.08. The number of aryl methyl sites for hydroxylation is 1. The number of ether oxygens (including phenoxy) is 2. The first-order valence-electron chi connectivity index (χ1n) is 11.2. The molecule has 0 spiro atoms. The van der Waals surface area contributed by atoms with E-state index in [1.165, 1.54) is 42.6 Å². The average Bonchev–Trinajstić information content (AvgIpc) is 2.99. The van der Waals surface area contributed by atoms with Crippen molar-refractivity contribution in [2.24, 2.45) is 0 Å². The lowest BCUT2D eigenvalue weighted by Gasteiger charge is -2.20. The average molecular weight is 491 g/mol. The van der Waals surface area contributed by atoms with Gasteiger partial charge in [0.25, 0.3) is 0 Å². The molecule has 1 fully saturated rings. The maximum Gasteiger partial charge on any atom is 0.339 e. The van der Waals surface area contributed by atoms with Crippen molar-refractivity contribution < 1.29 is 32.3 Å². The van der Waals surface area contributed by atoms with Gasteiger partial charge in [0, 0.05) is 18.8 Å². The van der Waals surface area contributed by atoms with E-state index in [2.05, 4.69) is 4.98 Å². The van der Waals surface area contributed by atoms with Gasteiger partial charge < -0.3 is 14.5 Å². The number of methoxy groups -OCH3 is 1. The summed E-state index contributed by atoms with van der Waals surface area (Å²) in [5, 5.41) is 0. The van der Waals surface area contributed by atoms with Gasteiger partial charge in [0.15, 0.2) is 6.10 Å². The van der Waals surface area contributed by atoms with Gasteiger partial charge in [0.2, 0.25) is 15.8 Å². The van der Waals surface area contributed by atoms with Crippen molar-refractivity contribution in [1.29, 1.82) is 0 Å². The van der Waals surface area contributed by atoms with E-state index in [1.807, 2.05) is 0 Å². The quantitative estimate of drug-likeness (QED) is 0.466. The van der Waals surface area contributed by atoms with E-state index in [0.717, 1.165) is 25.7 Å². The highest BCUT2D eigenvalue weighted by molar-refractivity contribution is 7.89. The van der Waals surface area contributed by atoms with E-state index in [4.69, 9.17) is 9.47 Å². The van der Waals surface area contributed by atoms with Crippen LogP contribution in [0.5, 0.6) is 0 Å². The summed E-state index contributed by atoms with van der Waals surface area (Å²) in [7, 11) is -2.38. The molecule has 184 valence electrons. The van der Waals surface area contributed by atoms with Crippen LogP contribution in [0.25, 0.3) is 0 Å². The molecule has 1 aliphatic heterocycles. The molecule has 1 unspecified atom stereocenters. The Kier molecular flexibility index (Phi) is 7.93. The lowest BCUT2D eigenvalue weighted by atomic mass is 10.1. The highest BCUT2D eigenvalue weighted by Gasteiger charge is 2.28. The minimum absolute atomic E-state index is 0.114. The minimum Gasteiger partial charge on any atom is -0.465 e. The molecule has 1 N–H and O–H groups in total. The number of hydrogen-bond acceptors (Lipinski definition) is 7. The number of aromatic nitrogens is 1. The van der Waals surface area contributed by atoms with Gasteiger partial charge in [-0.05, 0) is 63.4 Å². The first-order valence-corrected chi connectivity index (χ1v) is 12.6. The number of aromatic amines is 1. The number of esters is 2. The number of sulfonamides is 1. The van der Waals surface area contributed by atoms with Gasteiger partial charge in [-0.25, -0.2) is 18.0 Å². The molecule has 1 aromatic carbocycles. The molecular formula is C24H30N2O7S. The second kappa shape index (κ2) is 10.5. The van der Waals surface area contributed by atoms with Gasteiger partial charge in [0.1, 0.15) is 0 Å². The van der Waals surface area contributed by atoms with E-state index in [0.29, 0.717) is 24.3 Å². The predicted molar refractivity (Wildman–Crippen MR) is 124 cm³/mol. The third-order valence-electron chi connectivity index (χ3n) is 6.02. The zero-order valence-electron chi connectivity index (χ0n) is 19.8. The number of nitrogens with one attached hydrogen (secondary N) is 1. The Labute approximate surface area is 199 Å². The maximum atomic E-state index is 12.9. The second-order valence-electron chi connectivity index (χ2n) is 8.37. The van der Waals surface area contributed by atoms with Gasteiger partial charge in [-0.2, -0.15) is 4.31 Å². The molecule has 3 rings (SSSR count). The molecule has 10 heteroatoms. The van der Waals surface area contributed by atoms with Crippen LogP contribution in [0, 0.1) is 13.8 Å². The SMILES string of the molecule is COC(=O)c1c(C)[nH]c(C(=O)C(C)OC(=O)c2ccc(S(=O)(=O)N3CCCCCC3)cc2)c1C. The molecular weight excluding hydrogens is 460 g/mol. The molecule has 1 atom stereocenters. The molecule has 1 saturated heterocycles. The third kappa shape index (κ3) is 5.23. The van der Waals surface area contributed by atoms with Crippen LogP contribution in [0.2, 0.25) is 0 Å². The van der Waals surface area contributed by atoms with Crippen molar-refractivity contribution in [2.45, 2.75) is 57.5 Å². The van der Waals surface area contributed by atoms with E-state index in [9.17, 15) is 22.8 Å². The number of Topliss-reactive ketones (excluding diaryl/α,β-unsaturated/α-hetero) is 1. The number of ketones is 1. The van der Waals surface area contributed by atoms with Crippen molar-refractivity contribution in [3.05, 3.63) is 52.3 Å². The van der Waals surface area contributed by atoms with Crippen molar-refractivity contribution >= 4 is 27.7 Å². The molecule has 0 bridgehead atoms. The van der Waals surface area contributed by atoms with Gasteiger partial charge in [-0.15, -0.1) is 0 Å². The molecule has 0 aliphatic carbocycles. The van der Waals surface area contributed by atoms with Crippen LogP contribution < -0.4 is 0 Å². The fourth-order valence-corrected chi connectivity index (χ4v) is 5.60. The Morgan fingerprint density at radius 3 is 2.12 bits per heavy atom. The summed E-state index contributed by atoms with van der Waals surface area (Å²) in [4.78, 5) is 40.4. The van der Waals surface area contributed by atoms with Crippen LogP contribution in [0.3, 0.4) is 0 Å². The van der Waals surface area contributed by atoms with Crippen LogP contribution in [-0.4, -0.2) is 61.7 Å². The zero-order chi connectivity index (χ0) is 25.0. The monoisotopic (exact) mass is 490 g/mol. The smallest absolute Gasteiger partial charge is 0.339 e. The molecule has 2 heterocycles. The molecule has 34 heavy (non-hydrogen) atoms. The molecule has 1 aliphatic rings. The number of nitrogens with zero attached hydrogens (tertiary/aromatic N) is 1. The topological polar surface area (TPSA) is 123 Å². The van der Waals surface area contributed by atoms with Gasteiger partial charge in [0.05, 0.1) is 28.8 Å². The largest absolute Gasteiger partial charge is 0.465 e. The summed E-state index contributed by atoms with van der Waals surface area (Å²) < 4.78 is 37.4. The summed E-state index contributed by atoms with van der Waals surface area (Å²) in [6, 6.07) is 5.52. The molecule has 0 amide bonds. The zero-order valence-corrected chi connectivity index (χ0v) is 20.7. The van der Waals surface area contributed by atoms with Crippen LogP contribution in [0.1, 0.15) is 75.1 Å². The first kappa shape index (κ1) is 25.6. The van der Waals surface area contributed by atoms with Gasteiger partial charge >= 0.3 is 11.9 Å². The number of carbonyl (C=O) groups is 3. The Morgan fingerprint density at radius 2 is 1.56 bits per heavy atom. The summed E-state index contributed by atoms with van der Waals surface area (Å²) in [5.41, 5.74) is 1.46. The number of benzene rings is 1. The molecule has 9 nitrogen and oxygen atoms in total. The number of carbonyl (C=O) groups excluding carboxylic acids is 3. The van der Waals surface area contributed by atoms with E-state index < -0.39 is 33.8 Å². The summed E-state index contributed by atoms with van der Waals surface area (Å²) in [6.07, 6.45) is 2.56. The minimum atomic E-state index is -3.63. The molecule has 0 saturated carbocycles. The number of hydrogen-bond donors (Lipinski definition) is 1. The Morgan fingerprint density at radius 1 is 0.971 bits per heavy atom. The van der Waals surface area contributed by atoms with Gasteiger partial charge in [-0.3, -0.25) is 4.79 Å². The highest BCUT2D eigenvalue weighted by Crippen LogP contribution is 2.23. The van der Waals surface area contributed by atoms with E-state index in [-0.39, 0.29) is 21.7 Å². The van der Waals surface area contributed by atoms with Crippen molar-refractivity contribution in [1.82, 2.24) is 9.29 Å². The lowest BCUT2D eigenvalue weighted by molar-refractivity contribution is 0.0316. The molecule has 2 aromatic rings. The third-order valence-corrected chi connectivity index (χ3v) is 7.93. The standard InChI is InChI=1S/C24H30N2O7S/c1-15-20(24(29)32-4)16(2)25-21(15)22(27)17(3)33-23(28)18-9-11-19(12-10-18)34(30,31)26-13-7-5-6-8-14-26/h9-12,17,25H,5-8,13-14H2,1-4H3. The van der Waals surface area contributed by atoms with E-state index >= 15 is 0 Å². The van der Waals surface area contributed by atoms with Gasteiger partial charge in [-0.1, -0.05) is 12.8 Å². The fraction of sp³-hybridized carbons (Fsp3) is 0.458.